The van der Waals surface area contributed by atoms with Crippen molar-refractivity contribution in [2.24, 2.45) is 0 Å². The SMILES string of the molecule is COc1cc(CCNC(=O)CSc2nc3ccccc3o2)ccc1OC(F)F. The van der Waals surface area contributed by atoms with E-state index in [1.54, 1.807) is 12.1 Å². The molecule has 0 atom stereocenters. The minimum absolute atomic E-state index is 0.0278. The van der Waals surface area contributed by atoms with Crippen molar-refractivity contribution >= 4 is 28.8 Å². The van der Waals surface area contributed by atoms with Gasteiger partial charge in [-0.25, -0.2) is 4.98 Å². The fourth-order valence-corrected chi connectivity index (χ4v) is 3.17. The molecule has 3 aromatic rings. The molecule has 0 spiro atoms. The summed E-state index contributed by atoms with van der Waals surface area (Å²) in [6.45, 7) is -2.52. The van der Waals surface area contributed by atoms with E-state index in [1.807, 2.05) is 24.3 Å². The third-order valence-electron chi connectivity index (χ3n) is 3.78. The number of nitrogens with one attached hydrogen (secondary N) is 1. The van der Waals surface area contributed by atoms with Gasteiger partial charge in [0, 0.05) is 6.54 Å². The second kappa shape index (κ2) is 9.41. The highest BCUT2D eigenvalue weighted by molar-refractivity contribution is 7.99. The van der Waals surface area contributed by atoms with Crippen molar-refractivity contribution in [3.05, 3.63) is 48.0 Å². The second-order valence-electron chi connectivity index (χ2n) is 5.70. The summed E-state index contributed by atoms with van der Waals surface area (Å²) < 4.78 is 39.7. The molecule has 1 N–H and O–H groups in total. The molecule has 1 amide bonds. The number of nitrogens with zero attached hydrogens (tertiary/aromatic N) is 1. The van der Waals surface area contributed by atoms with Crippen molar-refractivity contribution in [2.75, 3.05) is 19.4 Å². The Bertz CT molecular complexity index is 916. The number of benzene rings is 2. The maximum Gasteiger partial charge on any atom is 0.387 e. The summed E-state index contributed by atoms with van der Waals surface area (Å²) >= 11 is 1.22. The Kier molecular flexibility index (Phi) is 6.70. The van der Waals surface area contributed by atoms with Crippen LogP contribution in [0.3, 0.4) is 0 Å². The maximum atomic E-state index is 12.3. The number of para-hydroxylation sites is 2. The predicted molar refractivity (Wildman–Crippen MR) is 101 cm³/mol. The molecule has 0 aliphatic heterocycles. The molecule has 148 valence electrons. The van der Waals surface area contributed by atoms with Gasteiger partial charge in [0.2, 0.25) is 5.91 Å². The third kappa shape index (κ3) is 5.35. The van der Waals surface area contributed by atoms with Crippen molar-refractivity contribution < 1.29 is 27.5 Å². The van der Waals surface area contributed by atoms with Crippen LogP contribution >= 0.6 is 11.8 Å². The van der Waals surface area contributed by atoms with E-state index in [4.69, 9.17) is 9.15 Å². The summed E-state index contributed by atoms with van der Waals surface area (Å²) in [4.78, 5) is 16.3. The molecule has 0 unspecified atom stereocenters. The zero-order valence-corrected chi connectivity index (χ0v) is 15.8. The Labute approximate surface area is 164 Å². The lowest BCUT2D eigenvalue weighted by atomic mass is 10.1. The fourth-order valence-electron chi connectivity index (χ4n) is 2.50. The largest absolute Gasteiger partial charge is 0.493 e. The molecule has 2 aromatic carbocycles. The highest BCUT2D eigenvalue weighted by Gasteiger charge is 2.12. The summed E-state index contributed by atoms with van der Waals surface area (Å²) in [5.41, 5.74) is 2.25. The van der Waals surface area contributed by atoms with E-state index in [9.17, 15) is 13.6 Å². The topological polar surface area (TPSA) is 73.6 Å². The number of thioether (sulfide) groups is 1. The number of fused-ring (bicyclic) bond motifs is 1. The summed E-state index contributed by atoms with van der Waals surface area (Å²) in [6.07, 6.45) is 0.518. The average Bonchev–Trinajstić information content (AvgIpc) is 3.10. The van der Waals surface area contributed by atoms with Gasteiger partial charge >= 0.3 is 6.61 Å². The van der Waals surface area contributed by atoms with Gasteiger partial charge in [-0.3, -0.25) is 4.79 Å². The van der Waals surface area contributed by atoms with Crippen LogP contribution in [0.15, 0.2) is 52.1 Å². The lowest BCUT2D eigenvalue weighted by molar-refractivity contribution is -0.118. The number of oxazole rings is 1. The first kappa shape index (κ1) is 19.9. The molecule has 0 aliphatic carbocycles. The minimum atomic E-state index is -2.92. The summed E-state index contributed by atoms with van der Waals surface area (Å²) in [5, 5.41) is 3.24. The number of hydrogen-bond acceptors (Lipinski definition) is 6. The molecule has 0 saturated heterocycles. The van der Waals surface area contributed by atoms with E-state index >= 15 is 0 Å². The van der Waals surface area contributed by atoms with Crippen LogP contribution in [0, 0.1) is 0 Å². The number of hydrogen-bond donors (Lipinski definition) is 1. The molecule has 0 radical (unpaired) electrons. The number of halogens is 2. The Morgan fingerprint density at radius 3 is 2.82 bits per heavy atom. The average molecular weight is 408 g/mol. The van der Waals surface area contributed by atoms with Crippen LogP contribution in [0.5, 0.6) is 11.5 Å². The first-order chi connectivity index (χ1) is 13.5. The van der Waals surface area contributed by atoms with Crippen molar-refractivity contribution in [1.82, 2.24) is 10.3 Å². The van der Waals surface area contributed by atoms with E-state index in [2.05, 4.69) is 15.0 Å². The van der Waals surface area contributed by atoms with Gasteiger partial charge in [0.1, 0.15) is 5.52 Å². The number of carbonyl (C=O) groups is 1. The van der Waals surface area contributed by atoms with Crippen molar-refractivity contribution in [2.45, 2.75) is 18.3 Å². The van der Waals surface area contributed by atoms with Gasteiger partial charge in [-0.2, -0.15) is 8.78 Å². The van der Waals surface area contributed by atoms with Gasteiger partial charge in [-0.05, 0) is 36.2 Å². The molecule has 1 heterocycles. The third-order valence-corrected chi connectivity index (χ3v) is 4.61. The number of rotatable bonds is 9. The molecule has 0 fully saturated rings. The van der Waals surface area contributed by atoms with E-state index in [0.29, 0.717) is 23.8 Å². The van der Waals surface area contributed by atoms with E-state index in [1.165, 1.54) is 24.9 Å². The van der Waals surface area contributed by atoms with Crippen LogP contribution in [-0.2, 0) is 11.2 Å². The molecular formula is C19H18F2N2O4S. The Morgan fingerprint density at radius 2 is 2.07 bits per heavy atom. The summed E-state index contributed by atoms with van der Waals surface area (Å²) in [7, 11) is 1.38. The maximum absolute atomic E-state index is 12.3. The molecule has 0 aliphatic rings. The van der Waals surface area contributed by atoms with Crippen LogP contribution in [0.2, 0.25) is 0 Å². The summed E-state index contributed by atoms with van der Waals surface area (Å²) in [5.74, 6) is 0.213. The minimum Gasteiger partial charge on any atom is -0.493 e. The van der Waals surface area contributed by atoms with Crippen molar-refractivity contribution in [1.29, 1.82) is 0 Å². The molecule has 3 rings (SSSR count). The highest BCUT2D eigenvalue weighted by atomic mass is 32.2. The fraction of sp³-hybridized carbons (Fsp3) is 0.263. The van der Waals surface area contributed by atoms with Crippen molar-refractivity contribution in [3.8, 4) is 11.5 Å². The van der Waals surface area contributed by atoms with Crippen LogP contribution < -0.4 is 14.8 Å². The number of ether oxygens (including phenoxy) is 2. The molecule has 0 bridgehead atoms. The monoisotopic (exact) mass is 408 g/mol. The lowest BCUT2D eigenvalue weighted by Crippen LogP contribution is -2.27. The smallest absolute Gasteiger partial charge is 0.387 e. The quantitative estimate of drug-likeness (QED) is 0.542. The number of aromatic nitrogens is 1. The molecule has 28 heavy (non-hydrogen) atoms. The zero-order chi connectivity index (χ0) is 19.9. The molecule has 0 saturated carbocycles. The van der Waals surface area contributed by atoms with Gasteiger partial charge in [-0.1, -0.05) is 30.0 Å². The number of methoxy groups -OCH3 is 1. The van der Waals surface area contributed by atoms with Crippen LogP contribution in [-0.4, -0.2) is 36.9 Å². The van der Waals surface area contributed by atoms with E-state index < -0.39 is 6.61 Å². The summed E-state index contributed by atoms with van der Waals surface area (Å²) in [6, 6.07) is 12.1. The van der Waals surface area contributed by atoms with Crippen LogP contribution in [0.25, 0.3) is 11.1 Å². The lowest BCUT2D eigenvalue weighted by Gasteiger charge is -2.11. The van der Waals surface area contributed by atoms with Gasteiger partial charge in [-0.15, -0.1) is 0 Å². The highest BCUT2D eigenvalue weighted by Crippen LogP contribution is 2.29. The van der Waals surface area contributed by atoms with E-state index in [0.717, 1.165) is 11.1 Å². The van der Waals surface area contributed by atoms with Crippen LogP contribution in [0.1, 0.15) is 5.56 Å². The van der Waals surface area contributed by atoms with Crippen LogP contribution in [0.4, 0.5) is 8.78 Å². The number of alkyl halides is 2. The van der Waals surface area contributed by atoms with Gasteiger partial charge in [0.05, 0.1) is 12.9 Å². The first-order valence-corrected chi connectivity index (χ1v) is 9.40. The van der Waals surface area contributed by atoms with Gasteiger partial charge < -0.3 is 19.2 Å². The number of amides is 1. The Morgan fingerprint density at radius 1 is 1.25 bits per heavy atom. The molecular weight excluding hydrogens is 390 g/mol. The van der Waals surface area contributed by atoms with Crippen molar-refractivity contribution in [3.63, 3.8) is 0 Å². The second-order valence-corrected chi connectivity index (χ2v) is 6.63. The Hall–Kier alpha value is -2.81. The standard InChI is InChI=1S/C19H18F2N2O4S/c1-25-16-10-12(6-7-15(16)26-18(20)21)8-9-22-17(24)11-28-19-23-13-4-2-3-5-14(13)27-19/h2-7,10,18H,8-9,11H2,1H3,(H,22,24). The van der Waals surface area contributed by atoms with E-state index in [-0.39, 0.29) is 23.2 Å². The zero-order valence-electron chi connectivity index (χ0n) is 15.0. The van der Waals surface area contributed by atoms with Gasteiger partial charge in [0.15, 0.2) is 17.1 Å². The first-order valence-electron chi connectivity index (χ1n) is 8.42. The molecule has 9 heteroatoms. The molecule has 6 nitrogen and oxygen atoms in total. The van der Waals surface area contributed by atoms with Gasteiger partial charge in [0.25, 0.3) is 5.22 Å². The molecule has 1 aromatic heterocycles. The Balaban J connectivity index is 1.45. The number of carbonyl (C=O) groups excluding carboxylic acids is 1. The normalized spacial score (nSPS) is 11.0. The predicted octanol–water partition coefficient (Wildman–Crippen LogP) is 3.89.